The molecule has 2 aromatic carbocycles. The molecule has 0 aliphatic rings. The lowest BCUT2D eigenvalue weighted by Crippen LogP contribution is -2.22. The molecule has 0 atom stereocenters. The number of nitrogens with zero attached hydrogens (tertiary/aromatic N) is 1. The number of hydrogen-bond donors (Lipinski definition) is 1. The Morgan fingerprint density at radius 2 is 1.43 bits per heavy atom. The molecule has 0 aromatic heterocycles. The number of nitrogens with one attached hydrogen (secondary N) is 1. The SMILES string of the molecule is O=C([O-])c1ccc(C(=O)Nc2ccc([N+](=O)[O-])cc2)cc1. The zero-order valence-electron chi connectivity index (χ0n) is 10.6. The summed E-state index contributed by atoms with van der Waals surface area (Å²) in [6, 6.07) is 10.6. The highest BCUT2D eigenvalue weighted by atomic mass is 16.6. The molecule has 7 nitrogen and oxygen atoms in total. The number of non-ortho nitro benzene ring substituents is 1. The van der Waals surface area contributed by atoms with Crippen molar-refractivity contribution < 1.29 is 19.6 Å². The van der Waals surface area contributed by atoms with Gasteiger partial charge in [-0.2, -0.15) is 0 Å². The van der Waals surface area contributed by atoms with Gasteiger partial charge in [-0.25, -0.2) is 0 Å². The second-order valence-corrected chi connectivity index (χ2v) is 4.12. The maximum Gasteiger partial charge on any atom is 0.269 e. The van der Waals surface area contributed by atoms with Crippen LogP contribution in [0.5, 0.6) is 0 Å². The second-order valence-electron chi connectivity index (χ2n) is 4.12. The molecule has 0 aliphatic heterocycles. The lowest BCUT2D eigenvalue weighted by Gasteiger charge is -2.06. The van der Waals surface area contributed by atoms with Gasteiger partial charge in [0.15, 0.2) is 0 Å². The number of aromatic carboxylic acids is 1. The minimum absolute atomic E-state index is 0.0260. The first kappa shape index (κ1) is 14.2. The van der Waals surface area contributed by atoms with E-state index in [9.17, 15) is 24.8 Å². The van der Waals surface area contributed by atoms with Gasteiger partial charge in [-0.05, 0) is 29.8 Å². The second kappa shape index (κ2) is 5.83. The molecule has 0 saturated heterocycles. The lowest BCUT2D eigenvalue weighted by atomic mass is 10.1. The number of nitro groups is 1. The molecule has 2 aromatic rings. The van der Waals surface area contributed by atoms with Gasteiger partial charge < -0.3 is 15.2 Å². The quantitative estimate of drug-likeness (QED) is 0.670. The number of rotatable bonds is 4. The van der Waals surface area contributed by atoms with E-state index in [1.807, 2.05) is 0 Å². The molecule has 0 bridgehead atoms. The van der Waals surface area contributed by atoms with Crippen molar-refractivity contribution in [3.05, 3.63) is 69.8 Å². The summed E-state index contributed by atoms with van der Waals surface area (Å²) in [7, 11) is 0. The molecular formula is C14H9N2O5-. The number of benzene rings is 2. The molecule has 1 amide bonds. The Bertz CT molecular complexity index is 692. The van der Waals surface area contributed by atoms with Gasteiger partial charge in [0.05, 0.1) is 10.9 Å². The Labute approximate surface area is 119 Å². The molecule has 1 N–H and O–H groups in total. The van der Waals surface area contributed by atoms with Crippen LogP contribution in [0.15, 0.2) is 48.5 Å². The molecule has 106 valence electrons. The summed E-state index contributed by atoms with van der Waals surface area (Å²) in [6.45, 7) is 0. The van der Waals surface area contributed by atoms with Crippen LogP contribution < -0.4 is 10.4 Å². The Morgan fingerprint density at radius 3 is 1.90 bits per heavy atom. The van der Waals surface area contributed by atoms with Crippen molar-refractivity contribution in [3.63, 3.8) is 0 Å². The summed E-state index contributed by atoms with van der Waals surface area (Å²) in [5, 5.41) is 23.6. The first-order chi connectivity index (χ1) is 9.97. The van der Waals surface area contributed by atoms with Crippen molar-refractivity contribution >= 4 is 23.3 Å². The highest BCUT2D eigenvalue weighted by Gasteiger charge is 2.08. The summed E-state index contributed by atoms with van der Waals surface area (Å²) in [5.74, 6) is -1.77. The largest absolute Gasteiger partial charge is 0.545 e. The van der Waals surface area contributed by atoms with Crippen LogP contribution >= 0.6 is 0 Å². The van der Waals surface area contributed by atoms with Crippen LogP contribution in [-0.4, -0.2) is 16.8 Å². The molecule has 0 fully saturated rings. The zero-order valence-corrected chi connectivity index (χ0v) is 10.6. The minimum atomic E-state index is -1.32. The van der Waals surface area contributed by atoms with E-state index in [4.69, 9.17) is 0 Å². The fourth-order valence-corrected chi connectivity index (χ4v) is 1.63. The number of carboxylic acid groups (broad SMARTS) is 1. The van der Waals surface area contributed by atoms with Crippen LogP contribution in [-0.2, 0) is 0 Å². The van der Waals surface area contributed by atoms with Crippen LogP contribution in [0.1, 0.15) is 20.7 Å². The number of carboxylic acids is 1. The van der Waals surface area contributed by atoms with Gasteiger partial charge in [0.1, 0.15) is 0 Å². The van der Waals surface area contributed by atoms with E-state index < -0.39 is 16.8 Å². The van der Waals surface area contributed by atoms with Crippen LogP contribution in [0, 0.1) is 10.1 Å². The monoisotopic (exact) mass is 285 g/mol. The number of anilines is 1. The maximum atomic E-state index is 11.9. The van der Waals surface area contributed by atoms with Crippen molar-refractivity contribution in [1.82, 2.24) is 0 Å². The number of hydrogen-bond acceptors (Lipinski definition) is 5. The number of carbonyl (C=O) groups is 2. The zero-order chi connectivity index (χ0) is 15.4. The maximum absolute atomic E-state index is 11.9. The van der Waals surface area contributed by atoms with Crippen molar-refractivity contribution in [3.8, 4) is 0 Å². The topological polar surface area (TPSA) is 112 Å². The third-order valence-electron chi connectivity index (χ3n) is 2.72. The van der Waals surface area contributed by atoms with Gasteiger partial charge in [-0.1, -0.05) is 12.1 Å². The summed E-state index contributed by atoms with van der Waals surface area (Å²) in [6.07, 6.45) is 0. The van der Waals surface area contributed by atoms with E-state index in [0.717, 1.165) is 0 Å². The van der Waals surface area contributed by atoms with E-state index >= 15 is 0 Å². The molecule has 0 heterocycles. The van der Waals surface area contributed by atoms with E-state index in [1.165, 1.54) is 48.5 Å². The first-order valence-electron chi connectivity index (χ1n) is 5.84. The Morgan fingerprint density at radius 1 is 0.905 bits per heavy atom. The molecule has 0 spiro atoms. The van der Waals surface area contributed by atoms with Gasteiger partial charge in [0.25, 0.3) is 11.6 Å². The summed E-state index contributed by atoms with van der Waals surface area (Å²) in [5.41, 5.74) is 0.557. The van der Waals surface area contributed by atoms with E-state index in [-0.39, 0.29) is 16.8 Å². The minimum Gasteiger partial charge on any atom is -0.545 e. The van der Waals surface area contributed by atoms with Crippen LogP contribution in [0.4, 0.5) is 11.4 Å². The Kier molecular flexibility index (Phi) is 3.94. The fourth-order valence-electron chi connectivity index (χ4n) is 1.63. The Hall–Kier alpha value is -3.22. The predicted molar refractivity (Wildman–Crippen MR) is 71.8 cm³/mol. The van der Waals surface area contributed by atoms with Gasteiger partial charge in [-0.3, -0.25) is 14.9 Å². The van der Waals surface area contributed by atoms with Crippen LogP contribution in [0.2, 0.25) is 0 Å². The molecule has 0 saturated carbocycles. The standard InChI is InChI=1S/C14H10N2O5/c17-13(9-1-3-10(4-2-9)14(18)19)15-11-5-7-12(8-6-11)16(20)21/h1-8H,(H,15,17)(H,18,19)/p-1. The number of carbonyl (C=O) groups excluding carboxylic acids is 2. The van der Waals surface area contributed by atoms with Crippen molar-refractivity contribution in [2.24, 2.45) is 0 Å². The molecule has 0 unspecified atom stereocenters. The Balaban J connectivity index is 2.10. The summed E-state index contributed by atoms with van der Waals surface area (Å²) < 4.78 is 0. The fraction of sp³-hybridized carbons (Fsp3) is 0. The van der Waals surface area contributed by atoms with Gasteiger partial charge in [0, 0.05) is 23.4 Å². The van der Waals surface area contributed by atoms with Gasteiger partial charge >= 0.3 is 0 Å². The van der Waals surface area contributed by atoms with E-state index in [0.29, 0.717) is 5.69 Å². The molecule has 2 rings (SSSR count). The molecule has 0 aliphatic carbocycles. The lowest BCUT2D eigenvalue weighted by molar-refractivity contribution is -0.384. The predicted octanol–water partition coefficient (Wildman–Crippen LogP) is 1.21. The molecule has 7 heteroatoms. The third kappa shape index (κ3) is 3.41. The van der Waals surface area contributed by atoms with Crippen molar-refractivity contribution in [1.29, 1.82) is 0 Å². The van der Waals surface area contributed by atoms with E-state index in [2.05, 4.69) is 5.32 Å². The summed E-state index contributed by atoms with van der Waals surface area (Å²) >= 11 is 0. The molecule has 21 heavy (non-hydrogen) atoms. The van der Waals surface area contributed by atoms with Crippen molar-refractivity contribution in [2.45, 2.75) is 0 Å². The third-order valence-corrected chi connectivity index (χ3v) is 2.72. The number of nitro benzene ring substituents is 1. The van der Waals surface area contributed by atoms with Gasteiger partial charge in [-0.15, -0.1) is 0 Å². The average Bonchev–Trinajstić information content (AvgIpc) is 2.47. The van der Waals surface area contributed by atoms with Crippen molar-refractivity contribution in [2.75, 3.05) is 5.32 Å². The average molecular weight is 285 g/mol. The van der Waals surface area contributed by atoms with Gasteiger partial charge in [0.2, 0.25) is 0 Å². The highest BCUT2D eigenvalue weighted by Crippen LogP contribution is 2.16. The molecule has 0 radical (unpaired) electrons. The highest BCUT2D eigenvalue weighted by molar-refractivity contribution is 6.04. The first-order valence-corrected chi connectivity index (χ1v) is 5.84. The molecular weight excluding hydrogens is 276 g/mol. The number of amides is 1. The summed E-state index contributed by atoms with van der Waals surface area (Å²) in [4.78, 5) is 32.5. The smallest absolute Gasteiger partial charge is 0.269 e. The van der Waals surface area contributed by atoms with Crippen LogP contribution in [0.25, 0.3) is 0 Å². The van der Waals surface area contributed by atoms with E-state index in [1.54, 1.807) is 0 Å². The van der Waals surface area contributed by atoms with Crippen LogP contribution in [0.3, 0.4) is 0 Å². The normalized spacial score (nSPS) is 9.90.